The van der Waals surface area contributed by atoms with Crippen LogP contribution in [0.3, 0.4) is 0 Å². The van der Waals surface area contributed by atoms with Crippen LogP contribution in [-0.2, 0) is 0 Å². The zero-order valence-electron chi connectivity index (χ0n) is 12.9. The molecule has 0 fully saturated rings. The van der Waals surface area contributed by atoms with E-state index in [1.54, 1.807) is 48.8 Å². The topological polar surface area (TPSA) is 100 Å². The summed E-state index contributed by atoms with van der Waals surface area (Å²) in [6.07, 6.45) is 4.68. The van der Waals surface area contributed by atoms with Gasteiger partial charge in [-0.25, -0.2) is 19.3 Å². The monoisotopic (exact) mass is 332 g/mol. The molecule has 1 aliphatic heterocycles. The van der Waals surface area contributed by atoms with Gasteiger partial charge in [0.2, 0.25) is 5.88 Å². The summed E-state index contributed by atoms with van der Waals surface area (Å²) >= 11 is 0. The molecule has 3 aromatic rings. The van der Waals surface area contributed by atoms with E-state index in [9.17, 15) is 14.7 Å². The third kappa shape index (κ3) is 2.47. The van der Waals surface area contributed by atoms with Crippen molar-refractivity contribution in [1.29, 1.82) is 0 Å². The normalized spacial score (nSPS) is 14.0. The Labute approximate surface area is 141 Å². The van der Waals surface area contributed by atoms with Gasteiger partial charge in [0.05, 0.1) is 5.69 Å². The molecule has 0 aliphatic carbocycles. The first-order chi connectivity index (χ1) is 12.1. The van der Waals surface area contributed by atoms with E-state index in [1.165, 1.54) is 6.08 Å². The van der Waals surface area contributed by atoms with Crippen molar-refractivity contribution in [2.45, 2.75) is 0 Å². The number of hydrogen-bond donors (Lipinski definition) is 2. The summed E-state index contributed by atoms with van der Waals surface area (Å²) in [6.45, 7) is 0. The highest BCUT2D eigenvalue weighted by Gasteiger charge is 2.17. The van der Waals surface area contributed by atoms with Gasteiger partial charge in [-0.2, -0.15) is 0 Å². The van der Waals surface area contributed by atoms with Gasteiger partial charge in [0.15, 0.2) is 5.82 Å². The van der Waals surface area contributed by atoms with Gasteiger partial charge in [0.1, 0.15) is 5.56 Å². The summed E-state index contributed by atoms with van der Waals surface area (Å²) in [5.74, 6) is 0.110. The number of rotatable bonds is 2. The van der Waals surface area contributed by atoms with Gasteiger partial charge in [-0.15, -0.1) is 0 Å². The number of nitrogens with zero attached hydrogens (tertiary/aromatic N) is 3. The van der Waals surface area contributed by atoms with Crippen LogP contribution in [0.15, 0.2) is 63.2 Å². The van der Waals surface area contributed by atoms with Gasteiger partial charge in [-0.05, 0) is 30.3 Å². The average Bonchev–Trinajstić information content (AvgIpc) is 3.02. The Morgan fingerprint density at radius 1 is 1.08 bits per heavy atom. The molecule has 4 rings (SSSR count). The summed E-state index contributed by atoms with van der Waals surface area (Å²) in [5, 5.41) is 10.6. The van der Waals surface area contributed by atoms with Crippen LogP contribution >= 0.6 is 0 Å². The lowest BCUT2D eigenvalue weighted by molar-refractivity contribution is 0.429. The Morgan fingerprint density at radius 2 is 1.88 bits per heavy atom. The average molecular weight is 332 g/mol. The predicted octanol–water partition coefficient (Wildman–Crippen LogP) is 1.88. The molecule has 7 nitrogen and oxygen atoms in total. The van der Waals surface area contributed by atoms with Crippen molar-refractivity contribution < 1.29 is 5.11 Å². The van der Waals surface area contributed by atoms with Gasteiger partial charge >= 0.3 is 5.69 Å². The number of H-pyrrole nitrogens is 1. The molecule has 0 radical (unpaired) electrons. The summed E-state index contributed by atoms with van der Waals surface area (Å²) in [7, 11) is 0. The molecule has 0 amide bonds. The molecule has 122 valence electrons. The number of pyridine rings is 1. The molecule has 0 saturated heterocycles. The maximum atomic E-state index is 12.2. The number of aromatic amines is 1. The Balaban J connectivity index is 1.93. The highest BCUT2D eigenvalue weighted by Crippen LogP contribution is 2.31. The van der Waals surface area contributed by atoms with E-state index in [4.69, 9.17) is 0 Å². The SMILES string of the molecule is O=c1[nH]c(=O)n(-c2ccccc2)c(O)c1/C=C1/C=Nc2ncccc21. The quantitative estimate of drug-likeness (QED) is 0.748. The van der Waals surface area contributed by atoms with Crippen LogP contribution in [0.25, 0.3) is 17.3 Å². The third-order valence-corrected chi connectivity index (χ3v) is 3.86. The van der Waals surface area contributed by atoms with Crippen molar-refractivity contribution in [2.75, 3.05) is 0 Å². The molecule has 1 aromatic carbocycles. The summed E-state index contributed by atoms with van der Waals surface area (Å²) in [5.41, 5.74) is 0.413. The number of benzene rings is 1. The van der Waals surface area contributed by atoms with Gasteiger partial charge in [-0.1, -0.05) is 18.2 Å². The van der Waals surface area contributed by atoms with E-state index in [-0.39, 0.29) is 5.56 Å². The zero-order valence-corrected chi connectivity index (χ0v) is 12.9. The summed E-state index contributed by atoms with van der Waals surface area (Å²) < 4.78 is 1.05. The number of fused-ring (bicyclic) bond motifs is 1. The van der Waals surface area contributed by atoms with E-state index in [2.05, 4.69) is 15.0 Å². The number of nitrogens with one attached hydrogen (secondary N) is 1. The van der Waals surface area contributed by atoms with E-state index in [1.807, 2.05) is 6.07 Å². The molecule has 0 bridgehead atoms. The van der Waals surface area contributed by atoms with Crippen molar-refractivity contribution in [1.82, 2.24) is 14.5 Å². The molecule has 0 atom stereocenters. The number of allylic oxidation sites excluding steroid dienone is 1. The second-order valence-electron chi connectivity index (χ2n) is 5.40. The Bertz CT molecular complexity index is 1140. The van der Waals surface area contributed by atoms with E-state index >= 15 is 0 Å². The fourth-order valence-corrected chi connectivity index (χ4v) is 2.68. The Hall–Kier alpha value is -3.74. The highest BCUT2D eigenvalue weighted by molar-refractivity contribution is 6.21. The molecular formula is C18H12N4O3. The first-order valence-electron chi connectivity index (χ1n) is 7.50. The number of aliphatic imine (C=N–C) groups is 1. The van der Waals surface area contributed by atoms with Gasteiger partial charge < -0.3 is 5.11 Å². The maximum Gasteiger partial charge on any atom is 0.335 e. The molecule has 2 N–H and O–H groups in total. The molecule has 0 saturated carbocycles. The minimum absolute atomic E-state index is 0.0263. The number of hydrogen-bond acceptors (Lipinski definition) is 5. The minimum Gasteiger partial charge on any atom is -0.494 e. The lowest BCUT2D eigenvalue weighted by atomic mass is 10.1. The molecular weight excluding hydrogens is 320 g/mol. The van der Waals surface area contributed by atoms with Crippen LogP contribution < -0.4 is 11.2 Å². The minimum atomic E-state index is -0.710. The van der Waals surface area contributed by atoms with Crippen LogP contribution in [0.5, 0.6) is 5.88 Å². The summed E-state index contributed by atoms with van der Waals surface area (Å²) in [6, 6.07) is 12.2. The fourth-order valence-electron chi connectivity index (χ4n) is 2.68. The highest BCUT2D eigenvalue weighted by atomic mass is 16.3. The Kier molecular flexibility index (Phi) is 3.39. The number of aromatic nitrogens is 3. The number of para-hydroxylation sites is 1. The van der Waals surface area contributed by atoms with Crippen molar-refractivity contribution in [3.8, 4) is 11.6 Å². The first kappa shape index (κ1) is 14.8. The largest absolute Gasteiger partial charge is 0.494 e. The van der Waals surface area contributed by atoms with Crippen molar-refractivity contribution in [2.24, 2.45) is 4.99 Å². The number of aromatic hydroxyl groups is 1. The van der Waals surface area contributed by atoms with Crippen molar-refractivity contribution >= 4 is 23.7 Å². The fraction of sp³-hybridized carbons (Fsp3) is 0. The lowest BCUT2D eigenvalue weighted by Crippen LogP contribution is -2.30. The maximum absolute atomic E-state index is 12.2. The molecule has 0 unspecified atom stereocenters. The second-order valence-corrected chi connectivity index (χ2v) is 5.40. The van der Waals surface area contributed by atoms with Crippen LogP contribution in [0, 0.1) is 0 Å². The predicted molar refractivity (Wildman–Crippen MR) is 94.6 cm³/mol. The molecule has 2 aromatic heterocycles. The standard InChI is InChI=1S/C18H12N4O3/c23-16-14(9-11-10-20-15-13(11)7-4-8-19-15)17(24)22(18(25)21-16)12-5-2-1-3-6-12/h1-10,24H,(H,21,23,25)/b11-9-. The van der Waals surface area contributed by atoms with E-state index < -0.39 is 17.1 Å². The van der Waals surface area contributed by atoms with Crippen LogP contribution in [-0.4, -0.2) is 25.9 Å². The van der Waals surface area contributed by atoms with E-state index in [0.717, 1.165) is 10.1 Å². The van der Waals surface area contributed by atoms with Gasteiger partial charge in [0.25, 0.3) is 5.56 Å². The molecule has 25 heavy (non-hydrogen) atoms. The molecule has 1 aliphatic rings. The van der Waals surface area contributed by atoms with E-state index in [0.29, 0.717) is 17.1 Å². The van der Waals surface area contributed by atoms with Crippen molar-refractivity contribution in [3.63, 3.8) is 0 Å². The lowest BCUT2D eigenvalue weighted by Gasteiger charge is -2.10. The Morgan fingerprint density at radius 3 is 2.68 bits per heavy atom. The third-order valence-electron chi connectivity index (χ3n) is 3.86. The van der Waals surface area contributed by atoms with Crippen LogP contribution in [0.2, 0.25) is 0 Å². The molecule has 0 spiro atoms. The first-order valence-corrected chi connectivity index (χ1v) is 7.50. The van der Waals surface area contributed by atoms with Crippen molar-refractivity contribution in [3.05, 3.63) is 80.6 Å². The van der Waals surface area contributed by atoms with Gasteiger partial charge in [0, 0.05) is 23.5 Å². The molecule has 3 heterocycles. The van der Waals surface area contributed by atoms with Gasteiger partial charge in [-0.3, -0.25) is 9.78 Å². The smallest absolute Gasteiger partial charge is 0.335 e. The molecule has 7 heteroatoms. The summed E-state index contributed by atoms with van der Waals surface area (Å²) in [4.78, 5) is 34.9. The second kappa shape index (κ2) is 5.72. The van der Waals surface area contributed by atoms with Crippen LogP contribution in [0.4, 0.5) is 5.82 Å². The zero-order chi connectivity index (χ0) is 17.4. The van der Waals surface area contributed by atoms with Crippen LogP contribution in [0.1, 0.15) is 11.1 Å².